The number of carbonyl (C=O) groups excluding carboxylic acids is 2. The highest BCUT2D eigenvalue weighted by atomic mass is 16.2. The summed E-state index contributed by atoms with van der Waals surface area (Å²) in [5.74, 6) is -0.0767. The van der Waals surface area contributed by atoms with Gasteiger partial charge < -0.3 is 15.1 Å². The van der Waals surface area contributed by atoms with Gasteiger partial charge in [-0.2, -0.15) is 0 Å². The Labute approximate surface area is 146 Å². The van der Waals surface area contributed by atoms with Crippen LogP contribution in [0.15, 0.2) is 24.3 Å². The lowest BCUT2D eigenvalue weighted by Crippen LogP contribution is -2.40. The van der Waals surface area contributed by atoms with E-state index in [9.17, 15) is 9.59 Å². The van der Waals surface area contributed by atoms with Gasteiger partial charge in [-0.15, -0.1) is 0 Å². The molecule has 0 aliphatic heterocycles. The minimum atomic E-state index is -0.105. The van der Waals surface area contributed by atoms with E-state index in [0.29, 0.717) is 25.2 Å². The number of rotatable bonds is 7. The summed E-state index contributed by atoms with van der Waals surface area (Å²) in [7, 11) is 3.95. The molecule has 0 aliphatic rings. The van der Waals surface area contributed by atoms with Crippen molar-refractivity contribution in [2.45, 2.75) is 33.1 Å². The topological polar surface area (TPSA) is 52.7 Å². The Hall–Kier alpha value is -1.88. The zero-order valence-corrected chi connectivity index (χ0v) is 15.8. The first kappa shape index (κ1) is 20.2. The first-order valence-electron chi connectivity index (χ1n) is 8.40. The van der Waals surface area contributed by atoms with Crippen LogP contribution in [0, 0.1) is 0 Å². The lowest BCUT2D eigenvalue weighted by Gasteiger charge is -2.23. The molecule has 1 N–H and O–H groups in total. The lowest BCUT2D eigenvalue weighted by molar-refractivity contribution is -0.128. The van der Waals surface area contributed by atoms with Crippen molar-refractivity contribution < 1.29 is 9.59 Å². The van der Waals surface area contributed by atoms with Gasteiger partial charge in [0.05, 0.1) is 0 Å². The van der Waals surface area contributed by atoms with Gasteiger partial charge in [-0.05, 0) is 37.2 Å². The highest BCUT2D eigenvalue weighted by molar-refractivity contribution is 5.94. The molecule has 0 saturated heterocycles. The first-order chi connectivity index (χ1) is 11.1. The van der Waals surface area contributed by atoms with Crippen molar-refractivity contribution in [1.29, 1.82) is 0 Å². The van der Waals surface area contributed by atoms with Crippen LogP contribution in [0.4, 0.5) is 0 Å². The highest BCUT2D eigenvalue weighted by Crippen LogP contribution is 2.22. The molecule has 2 amide bonds. The van der Waals surface area contributed by atoms with E-state index < -0.39 is 0 Å². The fourth-order valence-electron chi connectivity index (χ4n) is 2.28. The van der Waals surface area contributed by atoms with E-state index in [2.05, 4.69) is 26.1 Å². The molecule has 0 heterocycles. The summed E-state index contributed by atoms with van der Waals surface area (Å²) in [6, 6.07) is 7.69. The summed E-state index contributed by atoms with van der Waals surface area (Å²) in [5, 5.41) is 2.88. The number of likely N-dealkylation sites (N-methyl/N-ethyl adjacent to an activating group) is 1. The maximum atomic E-state index is 12.2. The molecule has 0 fully saturated rings. The van der Waals surface area contributed by atoms with Crippen LogP contribution in [0.25, 0.3) is 0 Å². The van der Waals surface area contributed by atoms with Crippen LogP contribution in [0.2, 0.25) is 0 Å². The van der Waals surface area contributed by atoms with Crippen molar-refractivity contribution in [2.24, 2.45) is 0 Å². The summed E-state index contributed by atoms with van der Waals surface area (Å²) in [6.07, 6.45) is 0. The quantitative estimate of drug-likeness (QED) is 0.832. The molecular formula is C19H31N3O2. The molecule has 0 aromatic heterocycles. The number of nitrogens with zero attached hydrogens (tertiary/aromatic N) is 2. The molecule has 0 radical (unpaired) electrons. The van der Waals surface area contributed by atoms with E-state index >= 15 is 0 Å². The van der Waals surface area contributed by atoms with E-state index in [1.807, 2.05) is 43.3 Å². The fourth-order valence-corrected chi connectivity index (χ4v) is 2.28. The minimum absolute atomic E-state index is 0.0284. The Morgan fingerprint density at radius 2 is 1.58 bits per heavy atom. The number of amides is 2. The molecule has 1 rings (SSSR count). The Bertz CT molecular complexity index is 545. The highest BCUT2D eigenvalue weighted by Gasteiger charge is 2.14. The van der Waals surface area contributed by atoms with Gasteiger partial charge in [0.15, 0.2) is 0 Å². The second-order valence-electron chi connectivity index (χ2n) is 7.39. The van der Waals surface area contributed by atoms with Crippen molar-refractivity contribution in [1.82, 2.24) is 15.1 Å². The standard InChI is InChI=1S/C19H31N3O2/c1-15(23)22(14-13-21(5)6)12-11-20-18(24)16-7-9-17(10-8-16)19(2,3)4/h7-10H,11-14H2,1-6H3,(H,20,24). The van der Waals surface area contributed by atoms with E-state index in [-0.39, 0.29) is 17.2 Å². The summed E-state index contributed by atoms with van der Waals surface area (Å²) in [6.45, 7) is 10.4. The third kappa shape index (κ3) is 6.71. The van der Waals surface area contributed by atoms with E-state index in [0.717, 1.165) is 6.54 Å². The molecule has 0 bridgehead atoms. The van der Waals surface area contributed by atoms with E-state index in [4.69, 9.17) is 0 Å². The van der Waals surface area contributed by atoms with Crippen LogP contribution < -0.4 is 5.32 Å². The molecular weight excluding hydrogens is 302 g/mol. The molecule has 134 valence electrons. The average Bonchev–Trinajstić information content (AvgIpc) is 2.49. The Balaban J connectivity index is 2.51. The third-order valence-electron chi connectivity index (χ3n) is 3.94. The molecule has 0 unspecified atom stereocenters. The summed E-state index contributed by atoms with van der Waals surface area (Å²) < 4.78 is 0. The van der Waals surface area contributed by atoms with Crippen LogP contribution in [0.3, 0.4) is 0 Å². The summed E-state index contributed by atoms with van der Waals surface area (Å²) >= 11 is 0. The van der Waals surface area contributed by atoms with Crippen LogP contribution in [0.5, 0.6) is 0 Å². The SMILES string of the molecule is CC(=O)N(CCNC(=O)c1ccc(C(C)(C)C)cc1)CCN(C)C. The Morgan fingerprint density at radius 3 is 2.04 bits per heavy atom. The molecule has 0 spiro atoms. The van der Waals surface area contributed by atoms with Crippen molar-refractivity contribution in [3.05, 3.63) is 35.4 Å². The molecule has 1 aromatic carbocycles. The van der Waals surface area contributed by atoms with Crippen molar-refractivity contribution in [3.8, 4) is 0 Å². The monoisotopic (exact) mass is 333 g/mol. The van der Waals surface area contributed by atoms with Gasteiger partial charge in [-0.3, -0.25) is 9.59 Å². The van der Waals surface area contributed by atoms with Crippen LogP contribution in [-0.4, -0.2) is 61.9 Å². The van der Waals surface area contributed by atoms with E-state index in [1.54, 1.807) is 11.8 Å². The zero-order chi connectivity index (χ0) is 18.3. The number of benzene rings is 1. The lowest BCUT2D eigenvalue weighted by atomic mass is 9.87. The predicted molar refractivity (Wildman–Crippen MR) is 98.3 cm³/mol. The Morgan fingerprint density at radius 1 is 1.00 bits per heavy atom. The van der Waals surface area contributed by atoms with Crippen molar-refractivity contribution in [2.75, 3.05) is 40.3 Å². The molecule has 5 heteroatoms. The normalized spacial score (nSPS) is 11.5. The molecule has 0 aliphatic carbocycles. The largest absolute Gasteiger partial charge is 0.350 e. The van der Waals surface area contributed by atoms with Crippen molar-refractivity contribution >= 4 is 11.8 Å². The number of hydrogen-bond acceptors (Lipinski definition) is 3. The summed E-state index contributed by atoms with van der Waals surface area (Å²) in [5.41, 5.74) is 1.92. The minimum Gasteiger partial charge on any atom is -0.350 e. The van der Waals surface area contributed by atoms with E-state index in [1.165, 1.54) is 5.56 Å². The number of carbonyl (C=O) groups is 2. The van der Waals surface area contributed by atoms with Crippen LogP contribution in [-0.2, 0) is 10.2 Å². The summed E-state index contributed by atoms with van der Waals surface area (Å²) in [4.78, 5) is 27.6. The maximum Gasteiger partial charge on any atom is 0.251 e. The number of nitrogens with one attached hydrogen (secondary N) is 1. The maximum absolute atomic E-state index is 12.2. The molecule has 0 saturated carbocycles. The van der Waals surface area contributed by atoms with Gasteiger partial charge >= 0.3 is 0 Å². The predicted octanol–water partition coefficient (Wildman–Crippen LogP) is 2.12. The molecule has 5 nitrogen and oxygen atoms in total. The average molecular weight is 333 g/mol. The zero-order valence-electron chi connectivity index (χ0n) is 15.8. The van der Waals surface area contributed by atoms with Gasteiger partial charge in [0, 0.05) is 38.7 Å². The Kier molecular flexibility index (Phi) is 7.42. The molecule has 0 atom stereocenters. The molecule has 24 heavy (non-hydrogen) atoms. The second-order valence-corrected chi connectivity index (χ2v) is 7.39. The van der Waals surface area contributed by atoms with Gasteiger partial charge in [-0.25, -0.2) is 0 Å². The van der Waals surface area contributed by atoms with Gasteiger partial charge in [0.25, 0.3) is 5.91 Å². The number of hydrogen-bond donors (Lipinski definition) is 1. The smallest absolute Gasteiger partial charge is 0.251 e. The molecule has 1 aromatic rings. The van der Waals surface area contributed by atoms with Gasteiger partial charge in [0.1, 0.15) is 0 Å². The van der Waals surface area contributed by atoms with Gasteiger partial charge in [-0.1, -0.05) is 32.9 Å². The first-order valence-corrected chi connectivity index (χ1v) is 8.40. The van der Waals surface area contributed by atoms with Gasteiger partial charge in [0.2, 0.25) is 5.91 Å². The van der Waals surface area contributed by atoms with Crippen molar-refractivity contribution in [3.63, 3.8) is 0 Å². The fraction of sp³-hybridized carbons (Fsp3) is 0.579. The van der Waals surface area contributed by atoms with Crippen LogP contribution in [0.1, 0.15) is 43.6 Å². The van der Waals surface area contributed by atoms with Crippen LogP contribution >= 0.6 is 0 Å². The third-order valence-corrected chi connectivity index (χ3v) is 3.94. The second kappa shape index (κ2) is 8.83.